The molecule has 0 aliphatic heterocycles. The van der Waals surface area contributed by atoms with E-state index < -0.39 is 0 Å². The number of aromatic nitrogens is 2. The Morgan fingerprint density at radius 2 is 1.83 bits per heavy atom. The molecule has 120 valence electrons. The third kappa shape index (κ3) is 3.43. The van der Waals surface area contributed by atoms with Crippen molar-refractivity contribution in [2.45, 2.75) is 6.92 Å². The highest BCUT2D eigenvalue weighted by Crippen LogP contribution is 2.21. The molecule has 0 aliphatic rings. The molecule has 1 N–H and O–H groups in total. The number of hydrogen-bond donors (Lipinski definition) is 1. The number of hydrogen-bond acceptors (Lipinski definition) is 2. The Kier molecular flexibility index (Phi) is 4.57. The van der Waals surface area contributed by atoms with Crippen LogP contribution in [-0.2, 0) is 7.05 Å². The number of rotatable bonds is 4. The van der Waals surface area contributed by atoms with Crippen LogP contribution in [0, 0.1) is 6.92 Å². The lowest BCUT2D eigenvalue weighted by Gasteiger charge is -2.10. The minimum absolute atomic E-state index is 0.165. The number of nitrogens with zero attached hydrogens (tertiary/aromatic N) is 2. The van der Waals surface area contributed by atoms with Crippen molar-refractivity contribution in [3.63, 3.8) is 0 Å². The van der Waals surface area contributed by atoms with Crippen molar-refractivity contribution in [2.24, 2.45) is 7.05 Å². The number of benzene rings is 2. The second-order valence-electron chi connectivity index (χ2n) is 5.56. The van der Waals surface area contributed by atoms with E-state index in [9.17, 15) is 4.79 Å². The van der Waals surface area contributed by atoms with Crippen molar-refractivity contribution < 1.29 is 4.79 Å². The molecular formula is C20H19N3O. The van der Waals surface area contributed by atoms with Crippen molar-refractivity contribution >= 4 is 23.7 Å². The van der Waals surface area contributed by atoms with Crippen LogP contribution in [-0.4, -0.2) is 15.7 Å². The fourth-order valence-corrected chi connectivity index (χ4v) is 2.50. The van der Waals surface area contributed by atoms with Crippen molar-refractivity contribution in [3.8, 4) is 0 Å². The van der Waals surface area contributed by atoms with Crippen LogP contribution in [0.25, 0.3) is 12.2 Å². The molecule has 1 aromatic heterocycles. The zero-order valence-corrected chi connectivity index (χ0v) is 13.7. The first kappa shape index (κ1) is 15.7. The molecule has 2 aromatic carbocycles. The van der Waals surface area contributed by atoms with E-state index in [-0.39, 0.29) is 5.91 Å². The van der Waals surface area contributed by atoms with Gasteiger partial charge in [0.05, 0.1) is 0 Å². The second kappa shape index (κ2) is 6.96. The van der Waals surface area contributed by atoms with Gasteiger partial charge in [0.1, 0.15) is 5.69 Å². The predicted octanol–water partition coefficient (Wildman–Crippen LogP) is 4.15. The van der Waals surface area contributed by atoms with Crippen molar-refractivity contribution in [2.75, 3.05) is 5.32 Å². The summed E-state index contributed by atoms with van der Waals surface area (Å²) < 4.78 is 1.56. The maximum Gasteiger partial charge on any atom is 0.273 e. The van der Waals surface area contributed by atoms with Gasteiger partial charge >= 0.3 is 0 Å². The van der Waals surface area contributed by atoms with E-state index in [1.54, 1.807) is 24.0 Å². The third-order valence-corrected chi connectivity index (χ3v) is 3.93. The normalized spacial score (nSPS) is 10.9. The van der Waals surface area contributed by atoms with E-state index in [1.807, 2.05) is 43.3 Å². The molecule has 0 atom stereocenters. The van der Waals surface area contributed by atoms with Crippen LogP contribution in [0.4, 0.5) is 5.69 Å². The summed E-state index contributed by atoms with van der Waals surface area (Å²) in [5, 5.41) is 6.99. The van der Waals surface area contributed by atoms with Gasteiger partial charge in [-0.3, -0.25) is 9.48 Å². The number of aryl methyl sites for hydroxylation is 1. The third-order valence-electron chi connectivity index (χ3n) is 3.93. The molecule has 0 aliphatic carbocycles. The Balaban J connectivity index is 1.82. The molecule has 0 bridgehead atoms. The number of carbonyl (C=O) groups is 1. The monoisotopic (exact) mass is 317 g/mol. The molecule has 0 saturated carbocycles. The van der Waals surface area contributed by atoms with Gasteiger partial charge in [-0.05, 0) is 35.7 Å². The van der Waals surface area contributed by atoms with E-state index in [1.165, 1.54) is 0 Å². The van der Waals surface area contributed by atoms with E-state index in [0.29, 0.717) is 5.69 Å². The highest BCUT2D eigenvalue weighted by atomic mass is 16.2. The quantitative estimate of drug-likeness (QED) is 0.735. The number of amides is 1. The lowest BCUT2D eigenvalue weighted by atomic mass is 10.0. The molecule has 3 rings (SSSR count). The highest BCUT2D eigenvalue weighted by Gasteiger charge is 2.11. The van der Waals surface area contributed by atoms with Gasteiger partial charge in [-0.25, -0.2) is 0 Å². The predicted molar refractivity (Wildman–Crippen MR) is 97.7 cm³/mol. The Bertz CT molecular complexity index is 879. The van der Waals surface area contributed by atoms with Gasteiger partial charge in [-0.2, -0.15) is 5.10 Å². The molecule has 4 heteroatoms. The molecule has 1 amide bonds. The summed E-state index contributed by atoms with van der Waals surface area (Å²) in [6, 6.07) is 17.7. The van der Waals surface area contributed by atoms with Gasteiger partial charge in [-0.15, -0.1) is 0 Å². The summed E-state index contributed by atoms with van der Waals surface area (Å²) in [4.78, 5) is 12.3. The maximum atomic E-state index is 12.3. The highest BCUT2D eigenvalue weighted by molar-refractivity contribution is 6.03. The van der Waals surface area contributed by atoms with Crippen LogP contribution in [0.2, 0.25) is 0 Å². The number of nitrogens with one attached hydrogen (secondary N) is 1. The fraction of sp³-hybridized carbons (Fsp3) is 0.100. The van der Waals surface area contributed by atoms with Crippen LogP contribution in [0.3, 0.4) is 0 Å². The van der Waals surface area contributed by atoms with Crippen molar-refractivity contribution in [1.29, 1.82) is 0 Å². The summed E-state index contributed by atoms with van der Waals surface area (Å²) in [6.45, 7) is 2.00. The van der Waals surface area contributed by atoms with E-state index in [0.717, 1.165) is 22.4 Å². The zero-order chi connectivity index (χ0) is 16.9. The van der Waals surface area contributed by atoms with Gasteiger partial charge < -0.3 is 5.32 Å². The smallest absolute Gasteiger partial charge is 0.273 e. The summed E-state index contributed by atoms with van der Waals surface area (Å²) >= 11 is 0. The molecule has 4 nitrogen and oxygen atoms in total. The van der Waals surface area contributed by atoms with Crippen LogP contribution >= 0.6 is 0 Å². The maximum absolute atomic E-state index is 12.3. The largest absolute Gasteiger partial charge is 0.320 e. The topological polar surface area (TPSA) is 46.9 Å². The average molecular weight is 317 g/mol. The van der Waals surface area contributed by atoms with Gasteiger partial charge in [0.25, 0.3) is 5.91 Å². The first-order chi connectivity index (χ1) is 11.6. The Labute approximate surface area is 141 Å². The average Bonchev–Trinajstić information content (AvgIpc) is 3.03. The van der Waals surface area contributed by atoms with E-state index >= 15 is 0 Å². The minimum Gasteiger partial charge on any atom is -0.320 e. The molecule has 0 fully saturated rings. The summed E-state index contributed by atoms with van der Waals surface area (Å²) in [6.07, 6.45) is 5.74. The molecule has 0 unspecified atom stereocenters. The molecule has 0 spiro atoms. The summed E-state index contributed by atoms with van der Waals surface area (Å²) in [7, 11) is 1.75. The Hall–Kier alpha value is -3.14. The van der Waals surface area contributed by atoms with Gasteiger partial charge in [0.2, 0.25) is 0 Å². The Morgan fingerprint density at radius 3 is 2.54 bits per heavy atom. The Morgan fingerprint density at radius 1 is 1.04 bits per heavy atom. The van der Waals surface area contributed by atoms with Gasteiger partial charge in [0, 0.05) is 18.9 Å². The molecule has 1 heterocycles. The molecular weight excluding hydrogens is 298 g/mol. The standard InChI is InChI=1S/C20H19N3O/c1-15-17(12-11-16-7-4-3-5-8-16)9-6-10-18(15)22-20(24)19-13-14-21-23(19)2/h3-14H,1-2H3,(H,22,24)/b12-11+. The molecule has 0 saturated heterocycles. The van der Waals surface area contributed by atoms with Crippen LogP contribution in [0.15, 0.2) is 60.8 Å². The minimum atomic E-state index is -0.165. The molecule has 3 aromatic rings. The second-order valence-corrected chi connectivity index (χ2v) is 5.56. The molecule has 0 radical (unpaired) electrons. The van der Waals surface area contributed by atoms with Crippen LogP contribution in [0.5, 0.6) is 0 Å². The summed E-state index contributed by atoms with van der Waals surface area (Å²) in [5.41, 5.74) is 4.57. The van der Waals surface area contributed by atoms with Crippen molar-refractivity contribution in [1.82, 2.24) is 9.78 Å². The number of anilines is 1. The zero-order valence-electron chi connectivity index (χ0n) is 13.7. The number of carbonyl (C=O) groups excluding carboxylic acids is 1. The van der Waals surface area contributed by atoms with Gasteiger partial charge in [-0.1, -0.05) is 54.6 Å². The van der Waals surface area contributed by atoms with E-state index in [2.05, 4.69) is 34.7 Å². The van der Waals surface area contributed by atoms with Crippen LogP contribution in [0.1, 0.15) is 27.2 Å². The van der Waals surface area contributed by atoms with Crippen molar-refractivity contribution in [3.05, 3.63) is 83.2 Å². The molecule has 24 heavy (non-hydrogen) atoms. The fourth-order valence-electron chi connectivity index (χ4n) is 2.50. The lowest BCUT2D eigenvalue weighted by Crippen LogP contribution is -2.16. The van der Waals surface area contributed by atoms with Crippen LogP contribution < -0.4 is 5.32 Å². The summed E-state index contributed by atoms with van der Waals surface area (Å²) in [5.74, 6) is -0.165. The van der Waals surface area contributed by atoms with Gasteiger partial charge in [0.15, 0.2) is 0 Å². The van der Waals surface area contributed by atoms with E-state index in [4.69, 9.17) is 0 Å². The first-order valence-electron chi connectivity index (χ1n) is 7.77. The first-order valence-corrected chi connectivity index (χ1v) is 7.77. The lowest BCUT2D eigenvalue weighted by molar-refractivity contribution is 0.101. The SMILES string of the molecule is Cc1c(/C=C/c2ccccc2)cccc1NC(=O)c1ccnn1C.